The van der Waals surface area contributed by atoms with Gasteiger partial charge in [0.2, 0.25) is 0 Å². The second kappa shape index (κ2) is 6.51. The van der Waals surface area contributed by atoms with E-state index >= 15 is 0 Å². The van der Waals surface area contributed by atoms with Gasteiger partial charge in [-0.25, -0.2) is 0 Å². The number of hydrogen-bond acceptors (Lipinski definition) is 4. The molecule has 0 fully saturated rings. The first-order chi connectivity index (χ1) is 7.39. The predicted molar refractivity (Wildman–Crippen MR) is 60.9 cm³/mol. The molecule has 0 saturated heterocycles. The van der Waals surface area contributed by atoms with E-state index in [0.717, 1.165) is 12.8 Å². The Hall–Kier alpha value is -1.06. The lowest BCUT2D eigenvalue weighted by molar-refractivity contribution is -0.160. The van der Waals surface area contributed by atoms with Gasteiger partial charge in [-0.2, -0.15) is 0 Å². The van der Waals surface area contributed by atoms with Crippen molar-refractivity contribution >= 4 is 11.9 Å². The monoisotopic (exact) mass is 230 g/mol. The molecule has 0 heterocycles. The molecule has 0 N–H and O–H groups in total. The van der Waals surface area contributed by atoms with Crippen LogP contribution in [0.3, 0.4) is 0 Å². The van der Waals surface area contributed by atoms with E-state index in [9.17, 15) is 9.59 Å². The zero-order valence-electron chi connectivity index (χ0n) is 10.8. The average molecular weight is 230 g/mol. The molecule has 0 bridgehead atoms. The minimum atomic E-state index is -0.563. The molecule has 0 aliphatic heterocycles. The van der Waals surface area contributed by atoms with Gasteiger partial charge in [-0.15, -0.1) is 0 Å². The second-order valence-corrected chi connectivity index (χ2v) is 4.25. The average Bonchev–Trinajstić information content (AvgIpc) is 2.27. The normalized spacial score (nSPS) is 13.1. The lowest BCUT2D eigenvalue weighted by Gasteiger charge is -2.33. The topological polar surface area (TPSA) is 52.6 Å². The Labute approximate surface area is 97.3 Å². The summed E-state index contributed by atoms with van der Waals surface area (Å²) in [5, 5.41) is 0. The van der Waals surface area contributed by atoms with Crippen LogP contribution in [0.1, 0.15) is 47.0 Å². The minimum Gasteiger partial charge on any atom is -0.469 e. The Morgan fingerprint density at radius 3 is 2.06 bits per heavy atom. The van der Waals surface area contributed by atoms with Crippen molar-refractivity contribution in [1.82, 2.24) is 0 Å². The Bertz CT molecular complexity index is 243. The van der Waals surface area contributed by atoms with Gasteiger partial charge in [0, 0.05) is 5.41 Å². The summed E-state index contributed by atoms with van der Waals surface area (Å²) in [4.78, 5) is 22.2. The maximum Gasteiger partial charge on any atom is 0.317 e. The predicted octanol–water partition coefficient (Wildman–Crippen LogP) is 2.31. The summed E-state index contributed by atoms with van der Waals surface area (Å²) in [7, 11) is 1.25. The maximum absolute atomic E-state index is 11.4. The molecule has 0 aromatic carbocycles. The highest BCUT2D eigenvalue weighted by Gasteiger charge is 2.30. The van der Waals surface area contributed by atoms with Crippen LogP contribution in [-0.2, 0) is 19.1 Å². The number of rotatable bonds is 6. The molecule has 0 aliphatic rings. The van der Waals surface area contributed by atoms with Crippen molar-refractivity contribution < 1.29 is 19.1 Å². The smallest absolute Gasteiger partial charge is 0.317 e. The molecule has 0 aromatic heterocycles. The van der Waals surface area contributed by atoms with Crippen molar-refractivity contribution in [1.29, 1.82) is 0 Å². The number of carbonyl (C=O) groups excluding carboxylic acids is 2. The van der Waals surface area contributed by atoms with Crippen LogP contribution in [0.15, 0.2) is 0 Å². The molecule has 0 saturated carbocycles. The van der Waals surface area contributed by atoms with Crippen molar-refractivity contribution in [3.05, 3.63) is 0 Å². The van der Waals surface area contributed by atoms with E-state index in [1.54, 1.807) is 0 Å². The number of esters is 2. The summed E-state index contributed by atoms with van der Waals surface area (Å²) in [6, 6.07) is 0. The summed E-state index contributed by atoms with van der Waals surface area (Å²) >= 11 is 0. The zero-order valence-corrected chi connectivity index (χ0v) is 10.8. The van der Waals surface area contributed by atoms with Crippen LogP contribution in [0.4, 0.5) is 0 Å². The van der Waals surface area contributed by atoms with Gasteiger partial charge in [-0.1, -0.05) is 20.8 Å². The molecule has 0 rings (SSSR count). The highest BCUT2D eigenvalue weighted by atomic mass is 16.6. The molecule has 0 amide bonds. The van der Waals surface area contributed by atoms with Gasteiger partial charge in [0.1, 0.15) is 12.5 Å². The fourth-order valence-corrected chi connectivity index (χ4v) is 1.40. The van der Waals surface area contributed by atoms with Crippen LogP contribution in [0.5, 0.6) is 0 Å². The van der Waals surface area contributed by atoms with Gasteiger partial charge < -0.3 is 9.47 Å². The lowest BCUT2D eigenvalue weighted by Crippen LogP contribution is -2.33. The Kier molecular flexibility index (Phi) is 6.08. The first-order valence-electron chi connectivity index (χ1n) is 5.65. The van der Waals surface area contributed by atoms with Gasteiger partial charge >= 0.3 is 11.9 Å². The standard InChI is InChI=1S/C12H22O4/c1-6-12(4,7-2)9(3)16-11(14)8-10(13)15-5/h9H,6-8H2,1-5H3. The van der Waals surface area contributed by atoms with Crippen LogP contribution in [0.2, 0.25) is 0 Å². The highest BCUT2D eigenvalue weighted by molar-refractivity contribution is 5.91. The van der Waals surface area contributed by atoms with E-state index in [-0.39, 0.29) is 17.9 Å². The third-order valence-electron chi connectivity index (χ3n) is 3.42. The zero-order chi connectivity index (χ0) is 12.8. The molecule has 0 spiro atoms. The number of ether oxygens (including phenoxy) is 2. The van der Waals surface area contributed by atoms with E-state index in [2.05, 4.69) is 25.5 Å². The van der Waals surface area contributed by atoms with Crippen molar-refractivity contribution in [3.8, 4) is 0 Å². The third kappa shape index (κ3) is 4.21. The highest BCUT2D eigenvalue weighted by Crippen LogP contribution is 2.31. The summed E-state index contributed by atoms with van der Waals surface area (Å²) in [6.07, 6.45) is 1.34. The quantitative estimate of drug-likeness (QED) is 0.519. The third-order valence-corrected chi connectivity index (χ3v) is 3.42. The van der Waals surface area contributed by atoms with E-state index in [1.807, 2.05) is 6.92 Å². The van der Waals surface area contributed by atoms with Crippen molar-refractivity contribution in [2.24, 2.45) is 5.41 Å². The Morgan fingerprint density at radius 2 is 1.69 bits per heavy atom. The van der Waals surface area contributed by atoms with Crippen LogP contribution >= 0.6 is 0 Å². The minimum absolute atomic E-state index is 0.0359. The van der Waals surface area contributed by atoms with Crippen molar-refractivity contribution in [2.75, 3.05) is 7.11 Å². The van der Waals surface area contributed by atoms with E-state index in [1.165, 1.54) is 7.11 Å². The Balaban J connectivity index is 4.28. The van der Waals surface area contributed by atoms with Crippen LogP contribution < -0.4 is 0 Å². The largest absolute Gasteiger partial charge is 0.469 e. The van der Waals surface area contributed by atoms with Crippen molar-refractivity contribution in [3.63, 3.8) is 0 Å². The summed E-state index contributed by atoms with van der Waals surface area (Å²) < 4.78 is 9.63. The van der Waals surface area contributed by atoms with E-state index in [4.69, 9.17) is 4.74 Å². The van der Waals surface area contributed by atoms with Crippen LogP contribution in [-0.4, -0.2) is 25.2 Å². The number of carbonyl (C=O) groups is 2. The maximum atomic E-state index is 11.4. The van der Waals surface area contributed by atoms with E-state index in [0.29, 0.717) is 0 Å². The number of hydrogen-bond donors (Lipinski definition) is 0. The Morgan fingerprint density at radius 1 is 1.19 bits per heavy atom. The van der Waals surface area contributed by atoms with E-state index < -0.39 is 11.9 Å². The molecule has 16 heavy (non-hydrogen) atoms. The molecular weight excluding hydrogens is 208 g/mol. The van der Waals surface area contributed by atoms with Gasteiger partial charge in [-0.3, -0.25) is 9.59 Å². The molecule has 1 unspecified atom stereocenters. The SMILES string of the molecule is CCC(C)(CC)C(C)OC(=O)CC(=O)OC. The fourth-order valence-electron chi connectivity index (χ4n) is 1.40. The number of methoxy groups -OCH3 is 1. The summed E-state index contributed by atoms with van der Waals surface area (Å²) in [5.74, 6) is -1.08. The lowest BCUT2D eigenvalue weighted by atomic mass is 9.80. The second-order valence-electron chi connectivity index (χ2n) is 4.25. The van der Waals surface area contributed by atoms with Crippen LogP contribution in [0.25, 0.3) is 0 Å². The molecule has 94 valence electrons. The molecule has 0 aromatic rings. The summed E-state index contributed by atoms with van der Waals surface area (Å²) in [6.45, 7) is 8.06. The van der Waals surface area contributed by atoms with Gasteiger partial charge in [0.25, 0.3) is 0 Å². The molecule has 4 heteroatoms. The van der Waals surface area contributed by atoms with Crippen LogP contribution in [0, 0.1) is 5.41 Å². The first kappa shape index (κ1) is 14.9. The molecular formula is C12H22O4. The summed E-state index contributed by atoms with van der Waals surface area (Å²) in [5.41, 5.74) is -0.0359. The van der Waals surface area contributed by atoms with Gasteiger partial charge in [0.15, 0.2) is 0 Å². The molecule has 0 aliphatic carbocycles. The van der Waals surface area contributed by atoms with Crippen molar-refractivity contribution in [2.45, 2.75) is 53.1 Å². The molecule has 1 atom stereocenters. The molecule has 0 radical (unpaired) electrons. The van der Waals surface area contributed by atoms with Gasteiger partial charge in [0.05, 0.1) is 7.11 Å². The fraction of sp³-hybridized carbons (Fsp3) is 0.833. The van der Waals surface area contributed by atoms with Gasteiger partial charge in [-0.05, 0) is 19.8 Å². The molecule has 4 nitrogen and oxygen atoms in total. The first-order valence-corrected chi connectivity index (χ1v) is 5.65.